The maximum absolute atomic E-state index is 11.8. The third kappa shape index (κ3) is 3.47. The van der Waals surface area contributed by atoms with Gasteiger partial charge in [0.25, 0.3) is 0 Å². The lowest BCUT2D eigenvalue weighted by Crippen LogP contribution is -2.10. The van der Waals surface area contributed by atoms with Crippen LogP contribution in [-0.4, -0.2) is 46.3 Å². The summed E-state index contributed by atoms with van der Waals surface area (Å²) in [7, 11) is 1.10. The van der Waals surface area contributed by atoms with Gasteiger partial charge in [-0.05, 0) is 35.4 Å². The lowest BCUT2D eigenvalue weighted by molar-refractivity contribution is 0.0582. The maximum atomic E-state index is 11.8. The second-order valence-electron chi connectivity index (χ2n) is 4.93. The number of esters is 1. The zero-order chi connectivity index (χ0) is 18.7. The van der Waals surface area contributed by atoms with Gasteiger partial charge in [0.05, 0.1) is 29.4 Å². The quantitative estimate of drug-likeness (QED) is 0.702. The Kier molecular flexibility index (Phi) is 4.83. The molecule has 0 spiro atoms. The molecule has 0 saturated heterocycles. The average Bonchev–Trinajstić information content (AvgIpc) is 2.59. The fourth-order valence-corrected chi connectivity index (χ4v) is 2.28. The summed E-state index contributed by atoms with van der Waals surface area (Å²) in [5, 5.41) is 27.3. The highest BCUT2D eigenvalue weighted by atomic mass is 16.5. The van der Waals surface area contributed by atoms with Gasteiger partial charge in [-0.1, -0.05) is 12.1 Å². The zero-order valence-corrected chi connectivity index (χ0v) is 12.8. The summed E-state index contributed by atoms with van der Waals surface area (Å²) in [6.45, 7) is 0. The molecule has 0 heterocycles. The van der Waals surface area contributed by atoms with Crippen molar-refractivity contribution < 1.29 is 39.2 Å². The summed E-state index contributed by atoms with van der Waals surface area (Å²) in [6.07, 6.45) is 0. The molecule has 0 unspecified atom stereocenters. The van der Waals surface area contributed by atoms with Gasteiger partial charge in [-0.25, -0.2) is 19.2 Å². The zero-order valence-electron chi connectivity index (χ0n) is 12.8. The summed E-state index contributed by atoms with van der Waals surface area (Å²) in [4.78, 5) is 45.3. The number of hydrogen-bond donors (Lipinski definition) is 3. The summed E-state index contributed by atoms with van der Waals surface area (Å²) >= 11 is 0. The van der Waals surface area contributed by atoms with Crippen LogP contribution in [-0.2, 0) is 4.74 Å². The number of benzene rings is 2. The van der Waals surface area contributed by atoms with Crippen LogP contribution in [0.2, 0.25) is 0 Å². The van der Waals surface area contributed by atoms with Crippen molar-refractivity contribution in [3.63, 3.8) is 0 Å². The van der Waals surface area contributed by atoms with E-state index in [1.54, 1.807) is 0 Å². The Labute approximate surface area is 140 Å². The van der Waals surface area contributed by atoms with Gasteiger partial charge in [0.2, 0.25) is 0 Å². The van der Waals surface area contributed by atoms with E-state index in [1.807, 2.05) is 0 Å². The standard InChI is InChI=1S/C17H12O8/c1-25-17(24)13-7-9(3-5-11(13)15(20)21)8-2-4-10(14(18)19)12(6-8)16(22)23/h2-7H,1H3,(H,18,19)(H,20,21)(H,22,23). The van der Waals surface area contributed by atoms with Crippen molar-refractivity contribution in [3.8, 4) is 11.1 Å². The van der Waals surface area contributed by atoms with Crippen LogP contribution in [0.15, 0.2) is 36.4 Å². The minimum absolute atomic E-state index is 0.202. The van der Waals surface area contributed by atoms with Crippen LogP contribution in [0.25, 0.3) is 11.1 Å². The molecule has 3 N–H and O–H groups in total. The molecule has 0 aromatic heterocycles. The number of methoxy groups -OCH3 is 1. The van der Waals surface area contributed by atoms with Crippen LogP contribution >= 0.6 is 0 Å². The molecule has 8 heteroatoms. The van der Waals surface area contributed by atoms with Crippen molar-refractivity contribution in [1.29, 1.82) is 0 Å². The number of hydrogen-bond acceptors (Lipinski definition) is 5. The Morgan fingerprint density at radius 1 is 0.680 bits per heavy atom. The maximum Gasteiger partial charge on any atom is 0.338 e. The Balaban J connectivity index is 2.64. The number of rotatable bonds is 5. The van der Waals surface area contributed by atoms with Crippen molar-refractivity contribution >= 4 is 23.9 Å². The van der Waals surface area contributed by atoms with E-state index in [9.17, 15) is 19.2 Å². The molecule has 25 heavy (non-hydrogen) atoms. The first-order valence-corrected chi connectivity index (χ1v) is 6.83. The first-order valence-electron chi connectivity index (χ1n) is 6.83. The SMILES string of the molecule is COC(=O)c1cc(-c2ccc(C(=O)O)c(C(=O)O)c2)ccc1C(=O)O. The third-order valence-corrected chi connectivity index (χ3v) is 3.47. The summed E-state index contributed by atoms with van der Waals surface area (Å²) in [6, 6.07) is 7.46. The molecule has 0 atom stereocenters. The number of aromatic carboxylic acids is 3. The highest BCUT2D eigenvalue weighted by Gasteiger charge is 2.20. The summed E-state index contributed by atoms with van der Waals surface area (Å²) < 4.78 is 4.56. The van der Waals surface area contributed by atoms with E-state index in [1.165, 1.54) is 24.3 Å². The first-order chi connectivity index (χ1) is 11.8. The Morgan fingerprint density at radius 2 is 1.08 bits per heavy atom. The van der Waals surface area contributed by atoms with Gasteiger partial charge in [0.15, 0.2) is 0 Å². The number of ether oxygens (including phenoxy) is 1. The number of carboxylic acid groups (broad SMARTS) is 3. The summed E-state index contributed by atoms with van der Waals surface area (Å²) in [5.74, 6) is -4.99. The van der Waals surface area contributed by atoms with E-state index in [0.29, 0.717) is 11.1 Å². The predicted molar refractivity (Wildman–Crippen MR) is 84.1 cm³/mol. The second kappa shape index (κ2) is 6.83. The molecule has 0 saturated carbocycles. The van der Waals surface area contributed by atoms with Crippen molar-refractivity contribution in [1.82, 2.24) is 0 Å². The fourth-order valence-electron chi connectivity index (χ4n) is 2.28. The van der Waals surface area contributed by atoms with Crippen molar-refractivity contribution in [3.05, 3.63) is 58.7 Å². The molecular weight excluding hydrogens is 332 g/mol. The molecule has 0 radical (unpaired) electrons. The average molecular weight is 344 g/mol. The summed E-state index contributed by atoms with van der Waals surface area (Å²) in [5.41, 5.74) is -0.629. The van der Waals surface area contributed by atoms with Gasteiger partial charge in [-0.3, -0.25) is 0 Å². The predicted octanol–water partition coefficient (Wildman–Crippen LogP) is 2.23. The van der Waals surface area contributed by atoms with Gasteiger partial charge < -0.3 is 20.1 Å². The molecule has 0 amide bonds. The van der Waals surface area contributed by atoms with Crippen molar-refractivity contribution in [2.75, 3.05) is 7.11 Å². The lowest BCUT2D eigenvalue weighted by Gasteiger charge is -2.09. The minimum atomic E-state index is -1.42. The molecular formula is C17H12O8. The van der Waals surface area contributed by atoms with E-state index >= 15 is 0 Å². The largest absolute Gasteiger partial charge is 0.478 e. The number of carbonyl (C=O) groups excluding carboxylic acids is 1. The molecule has 2 aromatic rings. The highest BCUT2D eigenvalue weighted by Crippen LogP contribution is 2.26. The van der Waals surface area contributed by atoms with E-state index in [-0.39, 0.29) is 16.7 Å². The van der Waals surface area contributed by atoms with Crippen LogP contribution in [0.3, 0.4) is 0 Å². The molecule has 0 aliphatic heterocycles. The van der Waals surface area contributed by atoms with E-state index < -0.39 is 29.4 Å². The van der Waals surface area contributed by atoms with Crippen molar-refractivity contribution in [2.24, 2.45) is 0 Å². The smallest absolute Gasteiger partial charge is 0.338 e. The van der Waals surface area contributed by atoms with Gasteiger partial charge in [0.1, 0.15) is 0 Å². The van der Waals surface area contributed by atoms with E-state index in [2.05, 4.69) is 4.74 Å². The fraction of sp³-hybridized carbons (Fsp3) is 0.0588. The molecule has 0 aliphatic carbocycles. The topological polar surface area (TPSA) is 138 Å². The Morgan fingerprint density at radius 3 is 1.48 bits per heavy atom. The van der Waals surface area contributed by atoms with Gasteiger partial charge in [-0.2, -0.15) is 0 Å². The molecule has 2 rings (SSSR count). The number of carboxylic acids is 3. The molecule has 2 aromatic carbocycles. The molecule has 8 nitrogen and oxygen atoms in total. The molecule has 0 aliphatic rings. The van der Waals surface area contributed by atoms with Crippen molar-refractivity contribution in [2.45, 2.75) is 0 Å². The van der Waals surface area contributed by atoms with Gasteiger partial charge in [-0.15, -0.1) is 0 Å². The minimum Gasteiger partial charge on any atom is -0.478 e. The van der Waals surface area contributed by atoms with Gasteiger partial charge >= 0.3 is 23.9 Å². The van der Waals surface area contributed by atoms with E-state index in [4.69, 9.17) is 15.3 Å². The Bertz CT molecular complexity index is 898. The van der Waals surface area contributed by atoms with Crippen LogP contribution in [0, 0.1) is 0 Å². The number of carbonyl (C=O) groups is 4. The second-order valence-corrected chi connectivity index (χ2v) is 4.93. The first kappa shape index (κ1) is 17.7. The normalized spacial score (nSPS) is 10.1. The van der Waals surface area contributed by atoms with Gasteiger partial charge in [0, 0.05) is 0 Å². The molecule has 128 valence electrons. The third-order valence-electron chi connectivity index (χ3n) is 3.47. The lowest BCUT2D eigenvalue weighted by atomic mass is 9.96. The van der Waals surface area contributed by atoms with E-state index in [0.717, 1.165) is 19.2 Å². The molecule has 0 bridgehead atoms. The van der Waals surface area contributed by atoms with Crippen LogP contribution in [0.5, 0.6) is 0 Å². The highest BCUT2D eigenvalue weighted by molar-refractivity contribution is 6.04. The van der Waals surface area contributed by atoms with Crippen LogP contribution in [0.4, 0.5) is 0 Å². The Hall–Kier alpha value is -3.68. The van der Waals surface area contributed by atoms with Crippen LogP contribution < -0.4 is 0 Å². The monoisotopic (exact) mass is 344 g/mol. The molecule has 0 fully saturated rings. The van der Waals surface area contributed by atoms with Crippen LogP contribution in [0.1, 0.15) is 41.4 Å².